The molecule has 1 aromatic carbocycles. The molecule has 0 spiro atoms. The molecular formula is C14H19N3. The van der Waals surface area contributed by atoms with E-state index < -0.39 is 0 Å². The second-order valence-electron chi connectivity index (χ2n) is 4.26. The largest absolute Gasteiger partial charge is 0.337 e. The number of nitrogens with zero attached hydrogens (tertiary/aromatic N) is 2. The van der Waals surface area contributed by atoms with Crippen LogP contribution in [-0.4, -0.2) is 23.1 Å². The van der Waals surface area contributed by atoms with Crippen LogP contribution in [0.15, 0.2) is 36.7 Å². The Labute approximate surface area is 103 Å². The minimum atomic E-state index is 0.917. The highest BCUT2D eigenvalue weighted by molar-refractivity contribution is 5.24. The first-order chi connectivity index (χ1) is 8.31. The quantitative estimate of drug-likeness (QED) is 0.847. The zero-order valence-corrected chi connectivity index (χ0v) is 10.5. The lowest BCUT2D eigenvalue weighted by Crippen LogP contribution is -2.13. The summed E-state index contributed by atoms with van der Waals surface area (Å²) in [6.45, 7) is 0.987. The molecule has 1 aromatic heterocycles. The first-order valence-corrected chi connectivity index (χ1v) is 5.99. The minimum absolute atomic E-state index is 0.917. The van der Waals surface area contributed by atoms with E-state index in [-0.39, 0.29) is 0 Å². The second kappa shape index (κ2) is 5.64. The molecule has 0 bridgehead atoms. The summed E-state index contributed by atoms with van der Waals surface area (Å²) in [6.07, 6.45) is 3.85. The van der Waals surface area contributed by atoms with Gasteiger partial charge in [-0.3, -0.25) is 0 Å². The molecule has 90 valence electrons. The fourth-order valence-electron chi connectivity index (χ4n) is 2.00. The van der Waals surface area contributed by atoms with Crippen LogP contribution < -0.4 is 5.32 Å². The fourth-order valence-corrected chi connectivity index (χ4v) is 2.00. The SMILES string of the molecule is CNCCc1c(Cc2ccccc2)ncn1C. The molecule has 17 heavy (non-hydrogen) atoms. The monoisotopic (exact) mass is 229 g/mol. The van der Waals surface area contributed by atoms with Crippen molar-refractivity contribution in [1.29, 1.82) is 0 Å². The van der Waals surface area contributed by atoms with E-state index >= 15 is 0 Å². The number of aryl methyl sites for hydroxylation is 1. The van der Waals surface area contributed by atoms with Crippen molar-refractivity contribution in [3.05, 3.63) is 53.6 Å². The lowest BCUT2D eigenvalue weighted by molar-refractivity contribution is 0.731. The topological polar surface area (TPSA) is 29.9 Å². The van der Waals surface area contributed by atoms with Crippen molar-refractivity contribution in [3.8, 4) is 0 Å². The van der Waals surface area contributed by atoms with Gasteiger partial charge < -0.3 is 9.88 Å². The highest BCUT2D eigenvalue weighted by Crippen LogP contribution is 2.12. The van der Waals surface area contributed by atoms with Gasteiger partial charge in [0.25, 0.3) is 0 Å². The van der Waals surface area contributed by atoms with Gasteiger partial charge in [0.15, 0.2) is 0 Å². The number of aromatic nitrogens is 2. The van der Waals surface area contributed by atoms with Gasteiger partial charge in [0, 0.05) is 32.1 Å². The Morgan fingerprint density at radius 2 is 2.00 bits per heavy atom. The van der Waals surface area contributed by atoms with Crippen molar-refractivity contribution >= 4 is 0 Å². The number of benzene rings is 1. The molecule has 3 nitrogen and oxygen atoms in total. The summed E-state index contributed by atoms with van der Waals surface area (Å²) in [5, 5.41) is 3.18. The molecule has 0 fully saturated rings. The van der Waals surface area contributed by atoms with E-state index in [0.29, 0.717) is 0 Å². The Kier molecular flexibility index (Phi) is 3.94. The Hall–Kier alpha value is -1.61. The van der Waals surface area contributed by atoms with Crippen molar-refractivity contribution in [1.82, 2.24) is 14.9 Å². The molecule has 1 N–H and O–H groups in total. The third-order valence-electron chi connectivity index (χ3n) is 2.97. The molecule has 1 heterocycles. The zero-order chi connectivity index (χ0) is 12.1. The number of nitrogens with one attached hydrogen (secondary N) is 1. The summed E-state index contributed by atoms with van der Waals surface area (Å²) in [7, 11) is 4.04. The van der Waals surface area contributed by atoms with E-state index in [0.717, 1.165) is 19.4 Å². The average Bonchev–Trinajstić information content (AvgIpc) is 2.69. The number of likely N-dealkylation sites (N-methyl/N-ethyl adjacent to an activating group) is 1. The van der Waals surface area contributed by atoms with Gasteiger partial charge in [0.1, 0.15) is 0 Å². The molecule has 0 unspecified atom stereocenters. The Morgan fingerprint density at radius 1 is 1.24 bits per heavy atom. The first kappa shape index (κ1) is 11.9. The van der Waals surface area contributed by atoms with Crippen LogP contribution in [0.4, 0.5) is 0 Å². The predicted octanol–water partition coefficient (Wildman–Crippen LogP) is 1.77. The van der Waals surface area contributed by atoms with E-state index in [4.69, 9.17) is 0 Å². The van der Waals surface area contributed by atoms with E-state index in [2.05, 4.69) is 46.2 Å². The van der Waals surface area contributed by atoms with Gasteiger partial charge in [-0.2, -0.15) is 0 Å². The van der Waals surface area contributed by atoms with Crippen LogP contribution in [0, 0.1) is 0 Å². The molecule has 0 saturated carbocycles. The maximum absolute atomic E-state index is 4.50. The van der Waals surface area contributed by atoms with Gasteiger partial charge in [0.2, 0.25) is 0 Å². The predicted molar refractivity (Wildman–Crippen MR) is 70.1 cm³/mol. The molecule has 0 atom stereocenters. The molecule has 0 amide bonds. The smallest absolute Gasteiger partial charge is 0.0949 e. The summed E-state index contributed by atoms with van der Waals surface area (Å²) in [5.74, 6) is 0. The van der Waals surface area contributed by atoms with Crippen molar-refractivity contribution in [2.75, 3.05) is 13.6 Å². The highest BCUT2D eigenvalue weighted by Gasteiger charge is 2.08. The molecule has 0 radical (unpaired) electrons. The van der Waals surface area contributed by atoms with Crippen molar-refractivity contribution in [2.24, 2.45) is 7.05 Å². The van der Waals surface area contributed by atoms with Gasteiger partial charge in [-0.1, -0.05) is 30.3 Å². The van der Waals surface area contributed by atoms with E-state index in [1.54, 1.807) is 0 Å². The van der Waals surface area contributed by atoms with Gasteiger partial charge in [-0.25, -0.2) is 4.98 Å². The lowest BCUT2D eigenvalue weighted by Gasteiger charge is -2.06. The lowest BCUT2D eigenvalue weighted by atomic mass is 10.1. The summed E-state index contributed by atoms with van der Waals surface area (Å²) in [5.41, 5.74) is 3.83. The molecular weight excluding hydrogens is 210 g/mol. The third-order valence-corrected chi connectivity index (χ3v) is 2.97. The van der Waals surface area contributed by atoms with Gasteiger partial charge in [0.05, 0.1) is 12.0 Å². The second-order valence-corrected chi connectivity index (χ2v) is 4.26. The summed E-state index contributed by atoms with van der Waals surface area (Å²) >= 11 is 0. The maximum Gasteiger partial charge on any atom is 0.0949 e. The summed E-state index contributed by atoms with van der Waals surface area (Å²) < 4.78 is 2.12. The van der Waals surface area contributed by atoms with Gasteiger partial charge >= 0.3 is 0 Å². The van der Waals surface area contributed by atoms with E-state index in [1.165, 1.54) is 17.0 Å². The molecule has 3 heteroatoms. The van der Waals surface area contributed by atoms with Crippen LogP contribution in [0.3, 0.4) is 0 Å². The number of rotatable bonds is 5. The zero-order valence-electron chi connectivity index (χ0n) is 10.5. The normalized spacial score (nSPS) is 10.7. The number of hydrogen-bond acceptors (Lipinski definition) is 2. The first-order valence-electron chi connectivity index (χ1n) is 5.99. The Morgan fingerprint density at radius 3 is 2.71 bits per heavy atom. The average molecular weight is 229 g/mol. The molecule has 0 saturated heterocycles. The third kappa shape index (κ3) is 2.94. The maximum atomic E-state index is 4.50. The van der Waals surface area contributed by atoms with Gasteiger partial charge in [-0.05, 0) is 12.6 Å². The highest BCUT2D eigenvalue weighted by atomic mass is 15.0. The van der Waals surface area contributed by atoms with Crippen molar-refractivity contribution < 1.29 is 0 Å². The minimum Gasteiger partial charge on any atom is -0.337 e. The Balaban J connectivity index is 2.15. The van der Waals surface area contributed by atoms with Crippen LogP contribution in [-0.2, 0) is 19.9 Å². The standard InChI is InChI=1S/C14H19N3/c1-15-9-8-14-13(16-11-17(14)2)10-12-6-4-3-5-7-12/h3-7,11,15H,8-10H2,1-2H3. The van der Waals surface area contributed by atoms with Crippen molar-refractivity contribution in [3.63, 3.8) is 0 Å². The number of hydrogen-bond donors (Lipinski definition) is 1. The van der Waals surface area contributed by atoms with Crippen LogP contribution in [0.2, 0.25) is 0 Å². The van der Waals surface area contributed by atoms with Crippen LogP contribution >= 0.6 is 0 Å². The van der Waals surface area contributed by atoms with Crippen LogP contribution in [0.1, 0.15) is 17.0 Å². The molecule has 0 aliphatic heterocycles. The fraction of sp³-hybridized carbons (Fsp3) is 0.357. The van der Waals surface area contributed by atoms with E-state index in [9.17, 15) is 0 Å². The molecule has 0 aliphatic rings. The molecule has 2 rings (SSSR count). The number of imidazole rings is 1. The summed E-state index contributed by atoms with van der Waals surface area (Å²) in [4.78, 5) is 4.50. The van der Waals surface area contributed by atoms with Crippen LogP contribution in [0.5, 0.6) is 0 Å². The van der Waals surface area contributed by atoms with Crippen molar-refractivity contribution in [2.45, 2.75) is 12.8 Å². The Bertz CT molecular complexity index is 460. The van der Waals surface area contributed by atoms with E-state index in [1.807, 2.05) is 19.4 Å². The summed E-state index contributed by atoms with van der Waals surface area (Å²) in [6, 6.07) is 10.5. The molecule has 2 aromatic rings. The van der Waals surface area contributed by atoms with Gasteiger partial charge in [-0.15, -0.1) is 0 Å². The molecule has 0 aliphatic carbocycles. The van der Waals surface area contributed by atoms with Crippen LogP contribution in [0.25, 0.3) is 0 Å².